The van der Waals surface area contributed by atoms with E-state index < -0.39 is 0 Å². The zero-order chi connectivity index (χ0) is 11.1. The summed E-state index contributed by atoms with van der Waals surface area (Å²) < 4.78 is 0. The van der Waals surface area contributed by atoms with Crippen molar-refractivity contribution in [2.45, 2.75) is 43.9 Å². The molecule has 1 fully saturated rings. The molecule has 0 radical (unpaired) electrons. The Morgan fingerprint density at radius 1 is 1.47 bits per heavy atom. The van der Waals surface area contributed by atoms with Gasteiger partial charge in [-0.3, -0.25) is 4.79 Å². The molecule has 0 spiro atoms. The van der Waals surface area contributed by atoms with Crippen LogP contribution in [0.2, 0.25) is 0 Å². The normalized spacial score (nSPS) is 25.5. The molecule has 1 aliphatic rings. The van der Waals surface area contributed by atoms with Gasteiger partial charge in [0.2, 0.25) is 5.91 Å². The van der Waals surface area contributed by atoms with Crippen LogP contribution in [0, 0.1) is 0 Å². The van der Waals surface area contributed by atoms with Gasteiger partial charge in [0.05, 0.1) is 6.54 Å². The van der Waals surface area contributed by atoms with Crippen molar-refractivity contribution in [3.05, 3.63) is 0 Å². The van der Waals surface area contributed by atoms with E-state index in [1.807, 2.05) is 11.8 Å². The number of amides is 1. The molecule has 0 heterocycles. The second kappa shape index (κ2) is 7.12. The van der Waals surface area contributed by atoms with E-state index in [4.69, 9.17) is 0 Å². The highest BCUT2D eigenvalue weighted by Crippen LogP contribution is 2.27. The van der Waals surface area contributed by atoms with E-state index in [9.17, 15) is 4.79 Å². The quantitative estimate of drug-likeness (QED) is 0.724. The molecule has 1 saturated carbocycles. The first-order valence-corrected chi connectivity index (χ1v) is 7.08. The minimum Gasteiger partial charge on any atom is -0.355 e. The first kappa shape index (κ1) is 12.8. The Balaban J connectivity index is 2.07. The summed E-state index contributed by atoms with van der Waals surface area (Å²) in [4.78, 5) is 11.3. The van der Waals surface area contributed by atoms with Gasteiger partial charge in [-0.2, -0.15) is 11.8 Å². The Kier molecular flexibility index (Phi) is 6.10. The van der Waals surface area contributed by atoms with Crippen molar-refractivity contribution in [3.63, 3.8) is 0 Å². The van der Waals surface area contributed by atoms with Gasteiger partial charge in [-0.05, 0) is 31.9 Å². The lowest BCUT2D eigenvalue weighted by Gasteiger charge is -2.12. The van der Waals surface area contributed by atoms with Gasteiger partial charge in [-0.1, -0.05) is 6.92 Å². The minimum atomic E-state index is 0.129. The van der Waals surface area contributed by atoms with Gasteiger partial charge in [-0.15, -0.1) is 0 Å². The van der Waals surface area contributed by atoms with E-state index in [1.165, 1.54) is 19.3 Å². The third kappa shape index (κ3) is 4.89. The molecule has 15 heavy (non-hydrogen) atoms. The molecule has 0 aromatic carbocycles. The van der Waals surface area contributed by atoms with Crippen LogP contribution in [0.1, 0.15) is 32.6 Å². The van der Waals surface area contributed by atoms with Crippen LogP contribution >= 0.6 is 11.8 Å². The Hall–Kier alpha value is -0.220. The van der Waals surface area contributed by atoms with Crippen molar-refractivity contribution in [2.75, 3.05) is 19.3 Å². The maximum Gasteiger partial charge on any atom is 0.233 e. The highest BCUT2D eigenvalue weighted by molar-refractivity contribution is 7.99. The molecule has 88 valence electrons. The van der Waals surface area contributed by atoms with Crippen molar-refractivity contribution < 1.29 is 4.79 Å². The standard InChI is InChI=1S/C11H22N2OS/c1-3-6-12-11(14)8-13-9-4-5-10(7-9)15-2/h9-10,13H,3-8H2,1-2H3,(H,12,14). The van der Waals surface area contributed by atoms with Gasteiger partial charge >= 0.3 is 0 Å². The van der Waals surface area contributed by atoms with E-state index in [-0.39, 0.29) is 5.91 Å². The summed E-state index contributed by atoms with van der Waals surface area (Å²) in [6.45, 7) is 3.33. The van der Waals surface area contributed by atoms with Crippen LogP contribution in [0.15, 0.2) is 0 Å². The van der Waals surface area contributed by atoms with Crippen LogP contribution in [-0.4, -0.2) is 36.5 Å². The van der Waals surface area contributed by atoms with Gasteiger partial charge in [0.15, 0.2) is 0 Å². The fourth-order valence-corrected chi connectivity index (χ4v) is 2.70. The lowest BCUT2D eigenvalue weighted by Crippen LogP contribution is -2.38. The van der Waals surface area contributed by atoms with Gasteiger partial charge in [0, 0.05) is 17.8 Å². The molecule has 2 atom stereocenters. The van der Waals surface area contributed by atoms with Crippen LogP contribution in [0.5, 0.6) is 0 Å². The SMILES string of the molecule is CCCNC(=O)CNC1CCC(SC)C1. The Morgan fingerprint density at radius 3 is 2.87 bits per heavy atom. The first-order chi connectivity index (χ1) is 7.26. The minimum absolute atomic E-state index is 0.129. The topological polar surface area (TPSA) is 41.1 Å². The van der Waals surface area contributed by atoms with E-state index in [2.05, 4.69) is 23.8 Å². The van der Waals surface area contributed by atoms with Gasteiger partial charge in [-0.25, -0.2) is 0 Å². The number of hydrogen-bond acceptors (Lipinski definition) is 3. The van der Waals surface area contributed by atoms with Crippen molar-refractivity contribution >= 4 is 17.7 Å². The number of hydrogen-bond donors (Lipinski definition) is 2. The summed E-state index contributed by atoms with van der Waals surface area (Å²) in [6, 6.07) is 0.551. The molecule has 1 aliphatic carbocycles. The smallest absolute Gasteiger partial charge is 0.233 e. The fraction of sp³-hybridized carbons (Fsp3) is 0.909. The molecule has 4 heteroatoms. The van der Waals surface area contributed by atoms with Crippen LogP contribution in [0.3, 0.4) is 0 Å². The second-order valence-electron chi connectivity index (χ2n) is 4.10. The van der Waals surface area contributed by atoms with Gasteiger partial charge in [0.1, 0.15) is 0 Å². The maximum absolute atomic E-state index is 11.3. The average molecular weight is 230 g/mol. The van der Waals surface area contributed by atoms with E-state index in [0.717, 1.165) is 18.2 Å². The second-order valence-corrected chi connectivity index (χ2v) is 5.24. The van der Waals surface area contributed by atoms with E-state index >= 15 is 0 Å². The summed E-state index contributed by atoms with van der Waals surface area (Å²) in [5, 5.41) is 7.00. The Bertz CT molecular complexity index is 199. The molecule has 0 aliphatic heterocycles. The maximum atomic E-state index is 11.3. The van der Waals surface area contributed by atoms with Crippen molar-refractivity contribution in [3.8, 4) is 0 Å². The lowest BCUT2D eigenvalue weighted by atomic mass is 10.2. The highest BCUT2D eigenvalue weighted by Gasteiger charge is 2.23. The number of carbonyl (C=O) groups is 1. The predicted molar refractivity (Wildman–Crippen MR) is 66.2 cm³/mol. The summed E-state index contributed by atoms with van der Waals surface area (Å²) >= 11 is 1.94. The van der Waals surface area contributed by atoms with Crippen molar-refractivity contribution in [2.24, 2.45) is 0 Å². The zero-order valence-electron chi connectivity index (χ0n) is 9.71. The number of thioether (sulfide) groups is 1. The highest BCUT2D eigenvalue weighted by atomic mass is 32.2. The molecule has 2 unspecified atom stereocenters. The molecule has 3 nitrogen and oxygen atoms in total. The van der Waals surface area contributed by atoms with Crippen molar-refractivity contribution in [1.29, 1.82) is 0 Å². The lowest BCUT2D eigenvalue weighted by molar-refractivity contribution is -0.120. The zero-order valence-corrected chi connectivity index (χ0v) is 10.5. The third-order valence-electron chi connectivity index (χ3n) is 2.84. The number of carbonyl (C=O) groups excluding carboxylic acids is 1. The molecular formula is C11H22N2OS. The molecule has 0 bridgehead atoms. The largest absolute Gasteiger partial charge is 0.355 e. The third-order valence-corrected chi connectivity index (χ3v) is 3.94. The number of nitrogens with one attached hydrogen (secondary N) is 2. The molecule has 1 rings (SSSR count). The van der Waals surface area contributed by atoms with Crippen molar-refractivity contribution in [1.82, 2.24) is 10.6 Å². The van der Waals surface area contributed by atoms with Crippen LogP contribution in [-0.2, 0) is 4.79 Å². The first-order valence-electron chi connectivity index (χ1n) is 5.79. The predicted octanol–water partition coefficient (Wildman–Crippen LogP) is 1.39. The molecule has 0 aromatic heterocycles. The average Bonchev–Trinajstić information content (AvgIpc) is 2.71. The van der Waals surface area contributed by atoms with Crippen LogP contribution in [0.25, 0.3) is 0 Å². The van der Waals surface area contributed by atoms with Gasteiger partial charge in [0.25, 0.3) is 0 Å². The summed E-state index contributed by atoms with van der Waals surface area (Å²) in [6.07, 6.45) is 6.88. The van der Waals surface area contributed by atoms with E-state index in [1.54, 1.807) is 0 Å². The molecular weight excluding hydrogens is 208 g/mol. The van der Waals surface area contributed by atoms with Crippen LogP contribution < -0.4 is 10.6 Å². The Morgan fingerprint density at radius 2 is 2.27 bits per heavy atom. The molecule has 0 aromatic rings. The fourth-order valence-electron chi connectivity index (χ4n) is 1.90. The molecule has 0 saturated heterocycles. The molecule has 1 amide bonds. The monoisotopic (exact) mass is 230 g/mol. The summed E-state index contributed by atoms with van der Waals surface area (Å²) in [7, 11) is 0. The molecule has 2 N–H and O–H groups in total. The van der Waals surface area contributed by atoms with E-state index in [0.29, 0.717) is 12.6 Å². The summed E-state index contributed by atoms with van der Waals surface area (Å²) in [5.74, 6) is 0.129. The van der Waals surface area contributed by atoms with Crippen LogP contribution in [0.4, 0.5) is 0 Å². The summed E-state index contributed by atoms with van der Waals surface area (Å²) in [5.41, 5.74) is 0. The Labute approximate surface area is 96.8 Å². The van der Waals surface area contributed by atoms with Gasteiger partial charge < -0.3 is 10.6 Å². The number of rotatable bonds is 6.